The predicted molar refractivity (Wildman–Crippen MR) is 93.0 cm³/mol. The van der Waals surface area contributed by atoms with Crippen LogP contribution in [0, 0.1) is 5.92 Å². The quantitative estimate of drug-likeness (QED) is 0.829. The third-order valence-electron chi connectivity index (χ3n) is 3.51. The molecule has 7 heteroatoms. The molecule has 4 nitrogen and oxygen atoms in total. The number of amides is 2. The Hall–Kier alpha value is -2.83. The van der Waals surface area contributed by atoms with Gasteiger partial charge in [-0.25, -0.2) is 0 Å². The average molecular weight is 364 g/mol. The van der Waals surface area contributed by atoms with Gasteiger partial charge in [0.2, 0.25) is 0 Å². The number of carbonyl (C=O) groups is 2. The zero-order chi connectivity index (χ0) is 19.3. The van der Waals surface area contributed by atoms with Gasteiger partial charge in [0, 0.05) is 23.4 Å². The molecule has 0 saturated heterocycles. The molecule has 2 N–H and O–H groups in total. The molecule has 0 saturated carbocycles. The first-order valence-electron chi connectivity index (χ1n) is 8.03. The van der Waals surface area contributed by atoms with Crippen LogP contribution in [0.1, 0.15) is 40.1 Å². The van der Waals surface area contributed by atoms with Crippen LogP contribution in [-0.4, -0.2) is 18.4 Å². The molecule has 0 aliphatic heterocycles. The largest absolute Gasteiger partial charge is 0.416 e. The molecule has 0 radical (unpaired) electrons. The number of rotatable bonds is 5. The summed E-state index contributed by atoms with van der Waals surface area (Å²) >= 11 is 0. The zero-order valence-corrected chi connectivity index (χ0v) is 14.4. The summed E-state index contributed by atoms with van der Waals surface area (Å²) in [6.07, 6.45) is -4.49. The maximum Gasteiger partial charge on any atom is 0.416 e. The van der Waals surface area contributed by atoms with Crippen LogP contribution in [0.25, 0.3) is 0 Å². The third-order valence-corrected chi connectivity index (χ3v) is 3.51. The van der Waals surface area contributed by atoms with Gasteiger partial charge in [-0.2, -0.15) is 13.2 Å². The van der Waals surface area contributed by atoms with Gasteiger partial charge in [-0.05, 0) is 42.3 Å². The van der Waals surface area contributed by atoms with Gasteiger partial charge in [0.15, 0.2) is 0 Å². The molecule has 0 aromatic heterocycles. The van der Waals surface area contributed by atoms with Gasteiger partial charge >= 0.3 is 6.18 Å². The molecule has 2 aromatic rings. The Morgan fingerprint density at radius 1 is 0.962 bits per heavy atom. The Balaban J connectivity index is 2.13. The fourth-order valence-electron chi connectivity index (χ4n) is 2.18. The second kappa shape index (κ2) is 8.03. The Morgan fingerprint density at radius 3 is 2.19 bits per heavy atom. The van der Waals surface area contributed by atoms with Gasteiger partial charge in [0.25, 0.3) is 11.8 Å². The second-order valence-electron chi connectivity index (χ2n) is 6.22. The highest BCUT2D eigenvalue weighted by Gasteiger charge is 2.30. The Morgan fingerprint density at radius 2 is 1.58 bits per heavy atom. The van der Waals surface area contributed by atoms with E-state index in [2.05, 4.69) is 10.6 Å². The molecule has 2 amide bonds. The van der Waals surface area contributed by atoms with E-state index in [-0.39, 0.29) is 23.1 Å². The van der Waals surface area contributed by atoms with Gasteiger partial charge in [-0.15, -0.1) is 0 Å². The molecule has 0 aliphatic carbocycles. The molecule has 0 fully saturated rings. The van der Waals surface area contributed by atoms with Gasteiger partial charge in [0.1, 0.15) is 0 Å². The molecule has 2 rings (SSSR count). The number of halogens is 3. The summed E-state index contributed by atoms with van der Waals surface area (Å²) in [4.78, 5) is 24.4. The van der Waals surface area contributed by atoms with Crippen molar-refractivity contribution in [3.05, 3.63) is 65.2 Å². The lowest BCUT2D eigenvalue weighted by Crippen LogP contribution is -2.27. The summed E-state index contributed by atoms with van der Waals surface area (Å²) < 4.78 is 38.2. The maximum absolute atomic E-state index is 12.7. The van der Waals surface area contributed by atoms with Gasteiger partial charge in [-0.1, -0.05) is 26.0 Å². The van der Waals surface area contributed by atoms with Crippen LogP contribution >= 0.6 is 0 Å². The van der Waals surface area contributed by atoms with E-state index in [0.29, 0.717) is 12.1 Å². The van der Waals surface area contributed by atoms with E-state index in [1.54, 1.807) is 12.1 Å². The number of benzene rings is 2. The lowest BCUT2D eigenvalue weighted by molar-refractivity contribution is -0.137. The number of nitrogens with one attached hydrogen (secondary N) is 2. The van der Waals surface area contributed by atoms with E-state index in [1.807, 2.05) is 13.8 Å². The maximum atomic E-state index is 12.7. The zero-order valence-electron chi connectivity index (χ0n) is 14.4. The number of alkyl halides is 3. The molecule has 26 heavy (non-hydrogen) atoms. The predicted octanol–water partition coefficient (Wildman–Crippen LogP) is 4.34. The molecule has 0 bridgehead atoms. The van der Waals surface area contributed by atoms with Crippen molar-refractivity contribution in [1.29, 1.82) is 0 Å². The molecule has 0 atom stereocenters. The average Bonchev–Trinajstić information content (AvgIpc) is 2.59. The van der Waals surface area contributed by atoms with Crippen molar-refractivity contribution in [1.82, 2.24) is 5.32 Å². The van der Waals surface area contributed by atoms with Crippen molar-refractivity contribution < 1.29 is 22.8 Å². The van der Waals surface area contributed by atoms with Crippen LogP contribution in [0.2, 0.25) is 0 Å². The molecule has 0 heterocycles. The number of hydrogen-bond donors (Lipinski definition) is 2. The summed E-state index contributed by atoms with van der Waals surface area (Å²) in [5.41, 5.74) is -0.335. The van der Waals surface area contributed by atoms with E-state index < -0.39 is 17.6 Å². The minimum absolute atomic E-state index is 0.0273. The first kappa shape index (κ1) is 19.5. The van der Waals surface area contributed by atoms with Crippen LogP contribution < -0.4 is 10.6 Å². The lowest BCUT2D eigenvalue weighted by atomic mass is 10.1. The third kappa shape index (κ3) is 5.34. The standard InChI is InChI=1S/C19H19F3N2O2/c1-12(2)11-23-17(25)13-5-3-6-14(9-13)18(26)24-16-8-4-7-15(10-16)19(20,21)22/h3-10,12H,11H2,1-2H3,(H,23,25)(H,24,26). The molecule has 138 valence electrons. The van der Waals surface area contributed by atoms with E-state index in [4.69, 9.17) is 0 Å². The number of anilines is 1. The Labute approximate surface area is 149 Å². The highest BCUT2D eigenvalue weighted by molar-refractivity contribution is 6.06. The van der Waals surface area contributed by atoms with Gasteiger partial charge < -0.3 is 10.6 Å². The highest BCUT2D eigenvalue weighted by atomic mass is 19.4. The number of hydrogen-bond acceptors (Lipinski definition) is 2. The fraction of sp³-hybridized carbons (Fsp3) is 0.263. The first-order chi connectivity index (χ1) is 12.2. The van der Waals surface area contributed by atoms with Crippen molar-refractivity contribution in [2.24, 2.45) is 5.92 Å². The molecular formula is C19H19F3N2O2. The normalized spacial score (nSPS) is 11.3. The Bertz CT molecular complexity index is 801. The molecule has 0 aliphatic rings. The molecular weight excluding hydrogens is 345 g/mol. The van der Waals surface area contributed by atoms with Crippen molar-refractivity contribution in [2.45, 2.75) is 20.0 Å². The summed E-state index contributed by atoms with van der Waals surface area (Å²) in [5, 5.41) is 5.16. The topological polar surface area (TPSA) is 58.2 Å². The van der Waals surface area contributed by atoms with Crippen LogP contribution in [-0.2, 0) is 6.18 Å². The Kier molecular flexibility index (Phi) is 6.02. The monoisotopic (exact) mass is 364 g/mol. The first-order valence-corrected chi connectivity index (χ1v) is 8.03. The molecule has 2 aromatic carbocycles. The van der Waals surface area contributed by atoms with Gasteiger partial charge in [0.05, 0.1) is 5.56 Å². The van der Waals surface area contributed by atoms with Crippen LogP contribution in [0.3, 0.4) is 0 Å². The fourth-order valence-corrected chi connectivity index (χ4v) is 2.18. The minimum atomic E-state index is -4.49. The molecule has 0 spiro atoms. The van der Waals surface area contributed by atoms with Gasteiger partial charge in [-0.3, -0.25) is 9.59 Å². The van der Waals surface area contributed by atoms with Crippen molar-refractivity contribution >= 4 is 17.5 Å². The SMILES string of the molecule is CC(C)CNC(=O)c1cccc(C(=O)Nc2cccc(C(F)(F)F)c2)c1. The number of carbonyl (C=O) groups excluding carboxylic acids is 2. The summed E-state index contributed by atoms with van der Waals surface area (Å²) in [5.74, 6) is -0.624. The molecule has 0 unspecified atom stereocenters. The van der Waals surface area contributed by atoms with Crippen molar-refractivity contribution in [2.75, 3.05) is 11.9 Å². The van der Waals surface area contributed by atoms with Crippen molar-refractivity contribution in [3.8, 4) is 0 Å². The smallest absolute Gasteiger partial charge is 0.352 e. The highest BCUT2D eigenvalue weighted by Crippen LogP contribution is 2.30. The van der Waals surface area contributed by atoms with E-state index in [1.165, 1.54) is 24.3 Å². The summed E-state index contributed by atoms with van der Waals surface area (Å²) in [7, 11) is 0. The van der Waals surface area contributed by atoms with Crippen LogP contribution in [0.15, 0.2) is 48.5 Å². The summed E-state index contributed by atoms with van der Waals surface area (Å²) in [6, 6.07) is 10.4. The van der Waals surface area contributed by atoms with Crippen LogP contribution in [0.5, 0.6) is 0 Å². The lowest BCUT2D eigenvalue weighted by Gasteiger charge is -2.11. The minimum Gasteiger partial charge on any atom is -0.352 e. The van der Waals surface area contributed by atoms with Crippen molar-refractivity contribution in [3.63, 3.8) is 0 Å². The summed E-state index contributed by atoms with van der Waals surface area (Å²) in [6.45, 7) is 4.41. The van der Waals surface area contributed by atoms with Crippen LogP contribution in [0.4, 0.5) is 18.9 Å². The van der Waals surface area contributed by atoms with E-state index >= 15 is 0 Å². The van der Waals surface area contributed by atoms with E-state index in [0.717, 1.165) is 12.1 Å². The van der Waals surface area contributed by atoms with E-state index in [9.17, 15) is 22.8 Å². The second-order valence-corrected chi connectivity index (χ2v) is 6.22.